The van der Waals surface area contributed by atoms with Gasteiger partial charge in [-0.2, -0.15) is 5.10 Å². The Morgan fingerprint density at radius 2 is 1.47 bits per heavy atom. The van der Waals surface area contributed by atoms with Crippen LogP contribution in [0.25, 0.3) is 32.3 Å². The summed E-state index contributed by atoms with van der Waals surface area (Å²) in [5, 5.41) is 11.0. The molecule has 6 heteroatoms. The maximum absolute atomic E-state index is 12.5. The van der Waals surface area contributed by atoms with Crippen molar-refractivity contribution in [3.05, 3.63) is 102 Å². The summed E-state index contributed by atoms with van der Waals surface area (Å²) in [6.07, 6.45) is 0. The number of anilines is 1. The Labute approximate surface area is 189 Å². The zero-order valence-corrected chi connectivity index (χ0v) is 18.2. The molecule has 2 N–H and O–H groups in total. The van der Waals surface area contributed by atoms with E-state index in [1.54, 1.807) is 17.4 Å². The fraction of sp³-hybridized carbons (Fsp3) is 0.0385. The van der Waals surface area contributed by atoms with Crippen LogP contribution >= 0.6 is 11.3 Å². The molecule has 0 bridgehead atoms. The number of aryl methyl sites for hydroxylation is 1. The molecule has 0 saturated heterocycles. The third kappa shape index (κ3) is 4.08. The van der Waals surface area contributed by atoms with Crippen LogP contribution in [0, 0.1) is 6.92 Å². The standard InChI is InChI=1S/C26H20N4OS/c1-17-24(22-16-23(30-29-22)25(31)28-21-10-6-3-7-11-21)32-26(27-17)20-14-12-19(13-15-20)18-8-4-2-5-9-18/h2-16H,1H3,(H,28,31)(H,29,30). The van der Waals surface area contributed by atoms with Gasteiger partial charge in [0.05, 0.1) is 16.3 Å². The van der Waals surface area contributed by atoms with E-state index in [0.29, 0.717) is 5.69 Å². The summed E-state index contributed by atoms with van der Waals surface area (Å²) in [6, 6.07) is 29.8. The van der Waals surface area contributed by atoms with Crippen LogP contribution < -0.4 is 5.32 Å². The number of benzene rings is 3. The number of rotatable bonds is 5. The summed E-state index contributed by atoms with van der Waals surface area (Å²) >= 11 is 1.58. The van der Waals surface area contributed by atoms with Gasteiger partial charge < -0.3 is 5.32 Å². The number of thiazole rings is 1. The minimum atomic E-state index is -0.252. The number of aromatic amines is 1. The molecule has 32 heavy (non-hydrogen) atoms. The molecule has 0 fully saturated rings. The number of nitrogens with zero attached hydrogens (tertiary/aromatic N) is 2. The minimum Gasteiger partial charge on any atom is -0.321 e. The molecule has 0 atom stereocenters. The largest absolute Gasteiger partial charge is 0.321 e. The molecule has 0 unspecified atom stereocenters. The Kier molecular flexibility index (Phi) is 5.35. The average Bonchev–Trinajstić information content (AvgIpc) is 3.47. The van der Waals surface area contributed by atoms with Crippen LogP contribution in [0.5, 0.6) is 0 Å². The Hall–Kier alpha value is -4.03. The first kappa shape index (κ1) is 19.9. The third-order valence-electron chi connectivity index (χ3n) is 5.12. The molecule has 0 aliphatic carbocycles. The van der Waals surface area contributed by atoms with Crippen molar-refractivity contribution in [3.63, 3.8) is 0 Å². The lowest BCUT2D eigenvalue weighted by molar-refractivity contribution is 0.102. The van der Waals surface area contributed by atoms with Gasteiger partial charge in [-0.1, -0.05) is 72.8 Å². The third-order valence-corrected chi connectivity index (χ3v) is 6.36. The molecule has 2 aromatic heterocycles. The zero-order chi connectivity index (χ0) is 21.9. The first-order valence-electron chi connectivity index (χ1n) is 10.2. The van der Waals surface area contributed by atoms with Gasteiger partial charge in [-0.15, -0.1) is 11.3 Å². The topological polar surface area (TPSA) is 70.7 Å². The number of hydrogen-bond acceptors (Lipinski definition) is 4. The highest BCUT2D eigenvalue weighted by Crippen LogP contribution is 2.35. The van der Waals surface area contributed by atoms with Crippen molar-refractivity contribution in [3.8, 4) is 32.3 Å². The maximum atomic E-state index is 12.5. The van der Waals surface area contributed by atoms with Crippen LogP contribution in [0.15, 0.2) is 91.0 Å². The number of para-hydroxylation sites is 1. The second-order valence-corrected chi connectivity index (χ2v) is 8.36. The lowest BCUT2D eigenvalue weighted by Crippen LogP contribution is -2.12. The second kappa shape index (κ2) is 8.61. The van der Waals surface area contributed by atoms with E-state index in [1.165, 1.54) is 11.1 Å². The monoisotopic (exact) mass is 436 g/mol. The lowest BCUT2D eigenvalue weighted by Gasteiger charge is -2.02. The molecule has 0 radical (unpaired) electrons. The van der Waals surface area contributed by atoms with Gasteiger partial charge in [0.25, 0.3) is 5.91 Å². The molecule has 0 spiro atoms. The molecular formula is C26H20N4OS. The quantitative estimate of drug-likeness (QED) is 0.334. The van der Waals surface area contributed by atoms with Crippen LogP contribution in [0.1, 0.15) is 16.2 Å². The van der Waals surface area contributed by atoms with Gasteiger partial charge in [-0.25, -0.2) is 4.98 Å². The van der Waals surface area contributed by atoms with Gasteiger partial charge in [0.2, 0.25) is 0 Å². The van der Waals surface area contributed by atoms with Crippen LogP contribution in [-0.4, -0.2) is 21.1 Å². The van der Waals surface area contributed by atoms with Gasteiger partial charge in [0.15, 0.2) is 5.69 Å². The summed E-state index contributed by atoms with van der Waals surface area (Å²) in [4.78, 5) is 18.2. The van der Waals surface area contributed by atoms with E-state index in [0.717, 1.165) is 32.5 Å². The number of aromatic nitrogens is 3. The molecule has 0 saturated carbocycles. The van der Waals surface area contributed by atoms with E-state index in [4.69, 9.17) is 4.98 Å². The summed E-state index contributed by atoms with van der Waals surface area (Å²) < 4.78 is 0. The molecule has 5 aromatic rings. The van der Waals surface area contributed by atoms with Crippen LogP contribution in [-0.2, 0) is 0 Å². The summed E-state index contributed by atoms with van der Waals surface area (Å²) in [5.41, 5.74) is 6.17. The smallest absolute Gasteiger partial charge is 0.276 e. The Balaban J connectivity index is 1.36. The van der Waals surface area contributed by atoms with Crippen LogP contribution in [0.3, 0.4) is 0 Å². The molecule has 0 aliphatic heterocycles. The van der Waals surface area contributed by atoms with Crippen molar-refractivity contribution < 1.29 is 4.79 Å². The highest BCUT2D eigenvalue weighted by molar-refractivity contribution is 7.18. The molecule has 2 heterocycles. The van der Waals surface area contributed by atoms with E-state index >= 15 is 0 Å². The van der Waals surface area contributed by atoms with Crippen molar-refractivity contribution in [1.82, 2.24) is 15.2 Å². The van der Waals surface area contributed by atoms with Crippen LogP contribution in [0.4, 0.5) is 5.69 Å². The molecule has 5 nitrogen and oxygen atoms in total. The van der Waals surface area contributed by atoms with Crippen LogP contribution in [0.2, 0.25) is 0 Å². The van der Waals surface area contributed by atoms with Gasteiger partial charge in [0, 0.05) is 11.3 Å². The summed E-state index contributed by atoms with van der Waals surface area (Å²) in [6.45, 7) is 1.97. The normalized spacial score (nSPS) is 10.8. The van der Waals surface area contributed by atoms with Crippen molar-refractivity contribution >= 4 is 22.9 Å². The SMILES string of the molecule is Cc1nc(-c2ccc(-c3ccccc3)cc2)sc1-c1cc(C(=O)Nc2ccccc2)n[nH]1. The Morgan fingerprint density at radius 1 is 0.844 bits per heavy atom. The minimum absolute atomic E-state index is 0.252. The molecule has 0 aliphatic rings. The first-order valence-corrected chi connectivity index (χ1v) is 11.0. The predicted octanol–water partition coefficient (Wildman–Crippen LogP) is 6.43. The Morgan fingerprint density at radius 3 is 2.19 bits per heavy atom. The first-order chi connectivity index (χ1) is 15.7. The van der Waals surface area contributed by atoms with E-state index in [-0.39, 0.29) is 5.91 Å². The number of amides is 1. The van der Waals surface area contributed by atoms with Crippen molar-refractivity contribution in [2.75, 3.05) is 5.32 Å². The number of H-pyrrole nitrogens is 1. The van der Waals surface area contributed by atoms with Gasteiger partial charge in [0.1, 0.15) is 5.01 Å². The highest BCUT2D eigenvalue weighted by Gasteiger charge is 2.16. The average molecular weight is 437 g/mol. The fourth-order valence-corrected chi connectivity index (χ4v) is 4.51. The maximum Gasteiger partial charge on any atom is 0.276 e. The Bertz CT molecular complexity index is 1360. The van der Waals surface area contributed by atoms with Crippen molar-refractivity contribution in [2.45, 2.75) is 6.92 Å². The zero-order valence-electron chi connectivity index (χ0n) is 17.4. The van der Waals surface area contributed by atoms with Crippen molar-refractivity contribution in [1.29, 1.82) is 0 Å². The number of carbonyl (C=O) groups excluding carboxylic acids is 1. The molecule has 5 rings (SSSR count). The number of carbonyl (C=O) groups is 1. The second-order valence-electron chi connectivity index (χ2n) is 7.36. The lowest BCUT2D eigenvalue weighted by atomic mass is 10.0. The molecule has 1 amide bonds. The van der Waals surface area contributed by atoms with E-state index in [9.17, 15) is 4.79 Å². The number of nitrogens with one attached hydrogen (secondary N) is 2. The molecule has 3 aromatic carbocycles. The fourth-order valence-electron chi connectivity index (χ4n) is 3.48. The van der Waals surface area contributed by atoms with Gasteiger partial charge in [-0.05, 0) is 36.2 Å². The molecular weight excluding hydrogens is 416 g/mol. The van der Waals surface area contributed by atoms with Gasteiger partial charge in [-0.3, -0.25) is 9.89 Å². The van der Waals surface area contributed by atoms with E-state index in [2.05, 4.69) is 51.9 Å². The summed E-state index contributed by atoms with van der Waals surface area (Å²) in [5.74, 6) is -0.252. The molecule has 156 valence electrons. The summed E-state index contributed by atoms with van der Waals surface area (Å²) in [7, 11) is 0. The predicted molar refractivity (Wildman–Crippen MR) is 130 cm³/mol. The van der Waals surface area contributed by atoms with Gasteiger partial charge >= 0.3 is 0 Å². The van der Waals surface area contributed by atoms with E-state index < -0.39 is 0 Å². The highest BCUT2D eigenvalue weighted by atomic mass is 32.1. The van der Waals surface area contributed by atoms with E-state index in [1.807, 2.05) is 55.5 Å². The number of hydrogen-bond donors (Lipinski definition) is 2. The van der Waals surface area contributed by atoms with Crippen molar-refractivity contribution in [2.24, 2.45) is 0 Å².